The van der Waals surface area contributed by atoms with Gasteiger partial charge >= 0.3 is 0 Å². The zero-order valence-corrected chi connectivity index (χ0v) is 14.6. The van der Waals surface area contributed by atoms with Crippen LogP contribution in [0.5, 0.6) is 5.75 Å². The summed E-state index contributed by atoms with van der Waals surface area (Å²) in [7, 11) is 1.56. The SMILES string of the molecule is COc1cccc(Nc2cc(C(=O)Nc3ccc(F)cc3F)nc(C)n2)c1. The number of halogens is 2. The molecule has 0 aliphatic rings. The van der Waals surface area contributed by atoms with Gasteiger partial charge in [-0.25, -0.2) is 18.7 Å². The number of aryl methyl sites for hydroxylation is 1. The van der Waals surface area contributed by atoms with Crippen LogP contribution in [-0.4, -0.2) is 23.0 Å². The first-order chi connectivity index (χ1) is 12.9. The number of carbonyl (C=O) groups is 1. The molecule has 27 heavy (non-hydrogen) atoms. The molecule has 1 aromatic heterocycles. The summed E-state index contributed by atoms with van der Waals surface area (Å²) in [4.78, 5) is 20.7. The second-order valence-corrected chi connectivity index (χ2v) is 5.62. The highest BCUT2D eigenvalue weighted by molar-refractivity contribution is 6.03. The minimum atomic E-state index is -0.871. The first-order valence-electron chi connectivity index (χ1n) is 7.98. The molecule has 1 amide bonds. The number of rotatable bonds is 5. The highest BCUT2D eigenvalue weighted by Gasteiger charge is 2.14. The molecule has 6 nitrogen and oxygen atoms in total. The monoisotopic (exact) mass is 370 g/mol. The molecule has 0 unspecified atom stereocenters. The number of hydrogen-bond donors (Lipinski definition) is 2. The number of benzene rings is 2. The van der Waals surface area contributed by atoms with Crippen LogP contribution in [0.15, 0.2) is 48.5 Å². The lowest BCUT2D eigenvalue weighted by Gasteiger charge is -2.10. The van der Waals surface area contributed by atoms with Crippen molar-refractivity contribution >= 4 is 23.1 Å². The van der Waals surface area contributed by atoms with E-state index in [4.69, 9.17) is 4.74 Å². The first-order valence-corrected chi connectivity index (χ1v) is 7.98. The largest absolute Gasteiger partial charge is 0.497 e. The Balaban J connectivity index is 1.82. The Kier molecular flexibility index (Phi) is 5.25. The number of nitrogens with zero attached hydrogens (tertiary/aromatic N) is 2. The molecule has 0 spiro atoms. The summed E-state index contributed by atoms with van der Waals surface area (Å²) in [5, 5.41) is 5.43. The number of anilines is 3. The summed E-state index contributed by atoms with van der Waals surface area (Å²) in [5.74, 6) is -0.833. The van der Waals surface area contributed by atoms with Crippen LogP contribution < -0.4 is 15.4 Å². The number of carbonyl (C=O) groups excluding carboxylic acids is 1. The zero-order chi connectivity index (χ0) is 19.4. The number of amides is 1. The predicted octanol–water partition coefficient (Wildman–Crippen LogP) is 4.07. The Morgan fingerprint density at radius 2 is 1.89 bits per heavy atom. The molecule has 0 aliphatic heterocycles. The molecule has 0 aliphatic carbocycles. The van der Waals surface area contributed by atoms with Crippen LogP contribution in [-0.2, 0) is 0 Å². The highest BCUT2D eigenvalue weighted by Crippen LogP contribution is 2.21. The van der Waals surface area contributed by atoms with Gasteiger partial charge in [0, 0.05) is 23.9 Å². The first kappa shape index (κ1) is 18.2. The molecule has 0 saturated heterocycles. The maximum Gasteiger partial charge on any atom is 0.274 e. The van der Waals surface area contributed by atoms with Gasteiger partial charge in [-0.05, 0) is 31.2 Å². The number of aromatic nitrogens is 2. The van der Waals surface area contributed by atoms with Gasteiger partial charge in [0.25, 0.3) is 5.91 Å². The summed E-state index contributed by atoms with van der Waals surface area (Å²) < 4.78 is 31.9. The Morgan fingerprint density at radius 3 is 2.63 bits per heavy atom. The average Bonchev–Trinajstić information content (AvgIpc) is 2.63. The van der Waals surface area contributed by atoms with Gasteiger partial charge in [-0.3, -0.25) is 4.79 Å². The Hall–Kier alpha value is -3.55. The summed E-state index contributed by atoms with van der Waals surface area (Å²) in [5.41, 5.74) is 0.611. The topological polar surface area (TPSA) is 76.1 Å². The number of methoxy groups -OCH3 is 1. The molecule has 2 N–H and O–H groups in total. The lowest BCUT2D eigenvalue weighted by atomic mass is 10.2. The molecule has 138 valence electrons. The van der Waals surface area contributed by atoms with Gasteiger partial charge in [0.2, 0.25) is 0 Å². The fourth-order valence-electron chi connectivity index (χ4n) is 2.37. The van der Waals surface area contributed by atoms with E-state index in [0.717, 1.165) is 12.1 Å². The van der Waals surface area contributed by atoms with Crippen molar-refractivity contribution in [3.63, 3.8) is 0 Å². The molecule has 0 fully saturated rings. The number of hydrogen-bond acceptors (Lipinski definition) is 5. The molecule has 0 atom stereocenters. The van der Waals surface area contributed by atoms with E-state index in [2.05, 4.69) is 20.6 Å². The molecule has 0 saturated carbocycles. The van der Waals surface area contributed by atoms with E-state index < -0.39 is 17.5 Å². The summed E-state index contributed by atoms with van der Waals surface area (Å²) >= 11 is 0. The smallest absolute Gasteiger partial charge is 0.274 e. The summed E-state index contributed by atoms with van der Waals surface area (Å²) in [6.45, 7) is 1.63. The van der Waals surface area contributed by atoms with Gasteiger partial charge in [-0.2, -0.15) is 0 Å². The number of ether oxygens (including phenoxy) is 1. The molecular formula is C19H16F2N4O2. The highest BCUT2D eigenvalue weighted by atomic mass is 19.1. The molecule has 2 aromatic carbocycles. The van der Waals surface area contributed by atoms with Crippen LogP contribution in [0.25, 0.3) is 0 Å². The molecular weight excluding hydrogens is 354 g/mol. The van der Waals surface area contributed by atoms with Gasteiger partial charge in [0.15, 0.2) is 0 Å². The van der Waals surface area contributed by atoms with Crippen molar-refractivity contribution in [2.45, 2.75) is 6.92 Å². The lowest BCUT2D eigenvalue weighted by Crippen LogP contribution is -2.16. The van der Waals surface area contributed by atoms with Crippen molar-refractivity contribution in [3.8, 4) is 5.75 Å². The Bertz CT molecular complexity index is 995. The molecule has 3 rings (SSSR count). The van der Waals surface area contributed by atoms with Gasteiger partial charge in [0.1, 0.15) is 34.7 Å². The number of nitrogens with one attached hydrogen (secondary N) is 2. The second kappa shape index (κ2) is 7.77. The van der Waals surface area contributed by atoms with Crippen LogP contribution in [0.3, 0.4) is 0 Å². The molecule has 3 aromatic rings. The van der Waals surface area contributed by atoms with Crippen molar-refractivity contribution in [1.82, 2.24) is 9.97 Å². The van der Waals surface area contributed by atoms with Crippen molar-refractivity contribution in [3.05, 3.63) is 71.7 Å². The zero-order valence-electron chi connectivity index (χ0n) is 14.6. The van der Waals surface area contributed by atoms with E-state index in [-0.39, 0.29) is 11.4 Å². The van der Waals surface area contributed by atoms with Crippen molar-refractivity contribution in [2.24, 2.45) is 0 Å². The van der Waals surface area contributed by atoms with Crippen molar-refractivity contribution < 1.29 is 18.3 Å². The van der Waals surface area contributed by atoms with Crippen molar-refractivity contribution in [2.75, 3.05) is 17.7 Å². The van der Waals surface area contributed by atoms with Gasteiger partial charge in [0.05, 0.1) is 12.8 Å². The van der Waals surface area contributed by atoms with E-state index in [0.29, 0.717) is 29.1 Å². The predicted molar refractivity (Wildman–Crippen MR) is 97.4 cm³/mol. The minimum absolute atomic E-state index is 0.0385. The molecule has 8 heteroatoms. The van der Waals surface area contributed by atoms with E-state index in [1.165, 1.54) is 6.07 Å². The van der Waals surface area contributed by atoms with Crippen LogP contribution in [0.4, 0.5) is 26.0 Å². The molecule has 0 radical (unpaired) electrons. The third kappa shape index (κ3) is 4.55. The van der Waals surface area contributed by atoms with E-state index in [1.54, 1.807) is 32.2 Å². The average molecular weight is 370 g/mol. The minimum Gasteiger partial charge on any atom is -0.497 e. The van der Waals surface area contributed by atoms with Gasteiger partial charge < -0.3 is 15.4 Å². The van der Waals surface area contributed by atoms with E-state index in [1.807, 2.05) is 6.07 Å². The Morgan fingerprint density at radius 1 is 1.07 bits per heavy atom. The van der Waals surface area contributed by atoms with Crippen LogP contribution in [0.2, 0.25) is 0 Å². The second-order valence-electron chi connectivity index (χ2n) is 5.62. The third-order valence-electron chi connectivity index (χ3n) is 3.59. The summed E-state index contributed by atoms with van der Waals surface area (Å²) in [6, 6.07) is 11.5. The van der Waals surface area contributed by atoms with Gasteiger partial charge in [-0.1, -0.05) is 6.07 Å². The van der Waals surface area contributed by atoms with E-state index >= 15 is 0 Å². The van der Waals surface area contributed by atoms with Crippen LogP contribution in [0, 0.1) is 18.6 Å². The maximum absolute atomic E-state index is 13.7. The van der Waals surface area contributed by atoms with E-state index in [9.17, 15) is 13.6 Å². The fraction of sp³-hybridized carbons (Fsp3) is 0.105. The van der Waals surface area contributed by atoms with Crippen molar-refractivity contribution in [1.29, 1.82) is 0 Å². The fourth-order valence-corrected chi connectivity index (χ4v) is 2.37. The van der Waals surface area contributed by atoms with Gasteiger partial charge in [-0.15, -0.1) is 0 Å². The quantitative estimate of drug-likeness (QED) is 0.708. The third-order valence-corrected chi connectivity index (χ3v) is 3.59. The molecule has 0 bridgehead atoms. The lowest BCUT2D eigenvalue weighted by molar-refractivity contribution is 0.102. The standard InChI is InChI=1S/C19H16F2N4O2/c1-11-22-17(19(26)25-16-7-6-12(20)8-15(16)21)10-18(23-11)24-13-4-3-5-14(9-13)27-2/h3-10H,1-2H3,(H,25,26)(H,22,23,24). The van der Waals surface area contributed by atoms with Crippen LogP contribution >= 0.6 is 0 Å². The maximum atomic E-state index is 13.7. The molecule has 1 heterocycles. The normalized spacial score (nSPS) is 10.4. The Labute approximate surface area is 154 Å². The summed E-state index contributed by atoms with van der Waals surface area (Å²) in [6.07, 6.45) is 0. The van der Waals surface area contributed by atoms with Crippen LogP contribution in [0.1, 0.15) is 16.3 Å².